The Labute approximate surface area is 248 Å². The molecule has 4 aromatic heterocycles. The number of likely N-dealkylation sites (N-methyl/N-ethyl adjacent to an activating group) is 1. The summed E-state index contributed by atoms with van der Waals surface area (Å²) in [5, 5.41) is 10.0. The van der Waals surface area contributed by atoms with Crippen LogP contribution in [-0.4, -0.2) is 94.4 Å². The van der Waals surface area contributed by atoms with Crippen LogP contribution in [-0.2, 0) is 11.3 Å². The molecule has 226 valence electrons. The molecule has 0 atom stereocenters. The van der Waals surface area contributed by atoms with E-state index in [4.69, 9.17) is 14.9 Å². The molecule has 0 radical (unpaired) electrons. The summed E-state index contributed by atoms with van der Waals surface area (Å²) in [6.07, 6.45) is 1.53. The number of piperazine rings is 1. The highest BCUT2D eigenvalue weighted by molar-refractivity contribution is 7.17. The van der Waals surface area contributed by atoms with Gasteiger partial charge in [-0.3, -0.25) is 19.1 Å². The van der Waals surface area contributed by atoms with Crippen molar-refractivity contribution in [1.29, 1.82) is 0 Å². The lowest BCUT2D eigenvalue weighted by molar-refractivity contribution is -0.123. The zero-order chi connectivity index (χ0) is 29.9. The third-order valence-corrected chi connectivity index (χ3v) is 8.16. The second kappa shape index (κ2) is 12.4. The first-order chi connectivity index (χ1) is 20.9. The molecule has 1 aliphatic heterocycles. The molecule has 0 aliphatic carbocycles. The lowest BCUT2D eigenvalue weighted by atomic mass is 10.2. The second-order valence-corrected chi connectivity index (χ2v) is 10.9. The van der Waals surface area contributed by atoms with Gasteiger partial charge in [-0.05, 0) is 31.3 Å². The van der Waals surface area contributed by atoms with E-state index < -0.39 is 5.82 Å². The maximum Gasteiger partial charge on any atom is 0.309 e. The third-order valence-electron chi connectivity index (χ3n) is 7.20. The Morgan fingerprint density at radius 1 is 1.14 bits per heavy atom. The van der Waals surface area contributed by atoms with E-state index in [0.29, 0.717) is 91.4 Å². The molecule has 1 saturated heterocycles. The molecule has 4 N–H and O–H groups in total. The van der Waals surface area contributed by atoms with Crippen LogP contribution in [0.15, 0.2) is 45.8 Å². The molecular weight excluding hydrogens is 579 g/mol. The highest BCUT2D eigenvalue weighted by Crippen LogP contribution is 2.27. The van der Waals surface area contributed by atoms with Crippen LogP contribution in [0, 0.1) is 5.82 Å². The van der Waals surface area contributed by atoms with Gasteiger partial charge in [0.05, 0.1) is 12.0 Å². The molecule has 43 heavy (non-hydrogen) atoms. The number of nitrogens with one attached hydrogen (secondary N) is 2. The number of nitrogen functional groups attached to an aromatic ring is 1. The quantitative estimate of drug-likeness (QED) is 0.183. The van der Waals surface area contributed by atoms with Gasteiger partial charge in [0.2, 0.25) is 11.8 Å². The van der Waals surface area contributed by atoms with Gasteiger partial charge in [0.15, 0.2) is 23.7 Å². The molecule has 0 bridgehead atoms. The van der Waals surface area contributed by atoms with Crippen molar-refractivity contribution >= 4 is 44.9 Å². The van der Waals surface area contributed by atoms with Gasteiger partial charge in [-0.2, -0.15) is 9.50 Å². The van der Waals surface area contributed by atoms with Crippen LogP contribution in [0.3, 0.4) is 0 Å². The second-order valence-electron chi connectivity index (χ2n) is 9.97. The number of hydrogen-bond acceptors (Lipinski definition) is 12. The van der Waals surface area contributed by atoms with Crippen LogP contribution in [0.1, 0.15) is 0 Å². The van der Waals surface area contributed by atoms with Crippen LogP contribution in [0.25, 0.3) is 27.6 Å². The van der Waals surface area contributed by atoms with Gasteiger partial charge < -0.3 is 30.4 Å². The van der Waals surface area contributed by atoms with E-state index in [0.717, 1.165) is 11.3 Å². The average molecular weight is 611 g/mol. The molecule has 1 fully saturated rings. The number of benzene rings is 1. The number of anilines is 2. The van der Waals surface area contributed by atoms with Crippen LogP contribution in [0.4, 0.5) is 16.0 Å². The first-order valence-corrected chi connectivity index (χ1v) is 14.6. The number of thiazole rings is 1. The van der Waals surface area contributed by atoms with Gasteiger partial charge in [0, 0.05) is 58.4 Å². The summed E-state index contributed by atoms with van der Waals surface area (Å²) in [7, 11) is 1.80. The zero-order valence-electron chi connectivity index (χ0n) is 23.5. The summed E-state index contributed by atoms with van der Waals surface area (Å²) < 4.78 is 29.4. The van der Waals surface area contributed by atoms with Crippen LogP contribution in [0.2, 0.25) is 0 Å². The topological polar surface area (TPSA) is 161 Å². The number of aromatic nitrogens is 5. The fourth-order valence-electron chi connectivity index (χ4n) is 4.95. The summed E-state index contributed by atoms with van der Waals surface area (Å²) in [5.74, 6) is 0.603. The van der Waals surface area contributed by atoms with Crippen LogP contribution in [0.5, 0.6) is 5.75 Å². The minimum absolute atomic E-state index is 0.124. The highest BCUT2D eigenvalue weighted by Gasteiger charge is 2.23. The number of nitrogens with two attached hydrogens (primary N) is 1. The molecule has 5 aromatic rings. The Balaban J connectivity index is 1.06. The number of nitrogens with zero attached hydrogens (tertiary/aromatic N) is 7. The predicted octanol–water partition coefficient (Wildman–Crippen LogP) is 1.02. The van der Waals surface area contributed by atoms with Gasteiger partial charge in [-0.25, -0.2) is 9.37 Å². The first-order valence-electron chi connectivity index (χ1n) is 13.8. The number of carbonyl (C=O) groups excluding carboxylic acids is 1. The smallest absolute Gasteiger partial charge is 0.309 e. The van der Waals surface area contributed by atoms with E-state index in [2.05, 4.69) is 30.6 Å². The minimum Gasteiger partial charge on any atom is -0.484 e. The van der Waals surface area contributed by atoms with E-state index >= 15 is 0 Å². The summed E-state index contributed by atoms with van der Waals surface area (Å²) in [4.78, 5) is 37.9. The molecule has 1 aliphatic rings. The van der Waals surface area contributed by atoms with Gasteiger partial charge >= 0.3 is 4.87 Å². The average Bonchev–Trinajstić information content (AvgIpc) is 3.75. The maximum atomic E-state index is 14.9. The van der Waals surface area contributed by atoms with Crippen LogP contribution >= 0.6 is 11.3 Å². The lowest BCUT2D eigenvalue weighted by Crippen LogP contribution is -2.47. The molecule has 1 aromatic carbocycles. The summed E-state index contributed by atoms with van der Waals surface area (Å²) in [6.45, 7) is 4.62. The molecule has 0 saturated carbocycles. The van der Waals surface area contributed by atoms with Crippen molar-refractivity contribution in [3.05, 3.63) is 52.1 Å². The number of ether oxygens (including phenoxy) is 1. The highest BCUT2D eigenvalue weighted by atomic mass is 32.1. The Hall–Kier alpha value is -4.54. The summed E-state index contributed by atoms with van der Waals surface area (Å²) in [5.41, 5.74) is 7.59. The minimum atomic E-state index is -0.406. The van der Waals surface area contributed by atoms with E-state index in [1.165, 1.54) is 16.8 Å². The monoisotopic (exact) mass is 610 g/mol. The van der Waals surface area contributed by atoms with Crippen molar-refractivity contribution in [3.8, 4) is 17.3 Å². The van der Waals surface area contributed by atoms with Crippen LogP contribution < -0.4 is 30.9 Å². The van der Waals surface area contributed by atoms with Crippen molar-refractivity contribution in [2.45, 2.75) is 6.54 Å². The van der Waals surface area contributed by atoms with E-state index in [9.17, 15) is 14.0 Å². The normalized spacial score (nSPS) is 14.1. The number of halogens is 1. The Kier molecular flexibility index (Phi) is 8.22. The van der Waals surface area contributed by atoms with Gasteiger partial charge in [0.1, 0.15) is 16.3 Å². The van der Waals surface area contributed by atoms with Gasteiger partial charge in [-0.15, -0.1) is 5.10 Å². The standard InChI is InChI=1S/C27H31FN10O4S/c1-30-6-7-31-21(39)16-42-17-4-5-19(18(28)15-17)36-11-8-35(9-12-36)10-13-37-24-22(43-27(37)40)25-32-23(20-3-2-14-41-20)34-38(25)26(29)33-24/h2-5,14-15,30H,6-13,16H2,1H3,(H2,29,33)(H,31,39). The lowest BCUT2D eigenvalue weighted by Gasteiger charge is -2.36. The van der Waals surface area contributed by atoms with Crippen molar-refractivity contribution in [2.24, 2.45) is 0 Å². The van der Waals surface area contributed by atoms with E-state index in [1.807, 2.05) is 4.90 Å². The fourth-order valence-corrected chi connectivity index (χ4v) is 5.88. The molecular formula is C27H31FN10O4S. The Morgan fingerprint density at radius 3 is 2.72 bits per heavy atom. The van der Waals surface area contributed by atoms with Crippen molar-refractivity contribution in [1.82, 2.24) is 39.7 Å². The van der Waals surface area contributed by atoms with Gasteiger partial charge in [0.25, 0.3) is 5.91 Å². The number of furan rings is 1. The molecule has 16 heteroatoms. The van der Waals surface area contributed by atoms with E-state index in [-0.39, 0.29) is 23.3 Å². The van der Waals surface area contributed by atoms with Crippen molar-refractivity contribution in [3.63, 3.8) is 0 Å². The molecule has 14 nitrogen and oxygen atoms in total. The predicted molar refractivity (Wildman–Crippen MR) is 160 cm³/mol. The zero-order valence-corrected chi connectivity index (χ0v) is 24.3. The molecule has 6 rings (SSSR count). The first kappa shape index (κ1) is 28.6. The summed E-state index contributed by atoms with van der Waals surface area (Å²) >= 11 is 1.06. The number of rotatable bonds is 11. The fraction of sp³-hybridized carbons (Fsp3) is 0.370. The number of fused-ring (bicyclic) bond motifs is 3. The molecule has 0 unspecified atom stereocenters. The Morgan fingerprint density at radius 2 is 1.98 bits per heavy atom. The van der Waals surface area contributed by atoms with Crippen molar-refractivity contribution in [2.75, 3.05) is 70.1 Å². The third kappa shape index (κ3) is 6.02. The van der Waals surface area contributed by atoms with Gasteiger partial charge in [-0.1, -0.05) is 11.3 Å². The number of amides is 1. The molecule has 0 spiro atoms. The maximum absolute atomic E-state index is 14.9. The Bertz CT molecular complexity index is 1790. The number of hydrogen-bond donors (Lipinski definition) is 3. The largest absolute Gasteiger partial charge is 0.484 e. The SMILES string of the molecule is CNCCNC(=O)COc1ccc(N2CCN(CCn3c(=O)sc4c3nc(N)n3nc(-c5ccco5)nc43)CC2)c(F)c1. The summed E-state index contributed by atoms with van der Waals surface area (Å²) in [6, 6.07) is 8.14. The number of carbonyl (C=O) groups is 1. The molecule has 1 amide bonds. The van der Waals surface area contributed by atoms with E-state index in [1.54, 1.807) is 35.9 Å². The molecule has 5 heterocycles. The van der Waals surface area contributed by atoms with Crippen molar-refractivity contribution < 1.29 is 18.3 Å².